The molecule has 7 heteroatoms. The summed E-state index contributed by atoms with van der Waals surface area (Å²) in [5.41, 5.74) is 0.232. The van der Waals surface area contributed by atoms with Crippen molar-refractivity contribution in [2.45, 2.75) is 25.3 Å². The van der Waals surface area contributed by atoms with Crippen LogP contribution in [-0.2, 0) is 0 Å². The fraction of sp³-hybridized carbons (Fsp3) is 0.500. The van der Waals surface area contributed by atoms with Gasteiger partial charge in [-0.25, -0.2) is 0 Å². The maximum Gasteiger partial charge on any atom is 0.310 e. The number of carbonyl (C=O) groups excluding carboxylic acids is 1. The lowest BCUT2D eigenvalue weighted by Crippen LogP contribution is -2.44. The zero-order valence-electron chi connectivity index (χ0n) is 11.8. The lowest BCUT2D eigenvalue weighted by molar-refractivity contribution is -0.385. The number of benzene rings is 1. The summed E-state index contributed by atoms with van der Waals surface area (Å²) in [4.78, 5) is 24.6. The van der Waals surface area contributed by atoms with E-state index >= 15 is 0 Å². The molecule has 1 unspecified atom stereocenters. The molecule has 1 aliphatic heterocycles. The summed E-state index contributed by atoms with van der Waals surface area (Å²) in [7, 11) is 1.35. The number of hydrogen-bond acceptors (Lipinski definition) is 4. The van der Waals surface area contributed by atoms with Gasteiger partial charge in [0.15, 0.2) is 5.75 Å². The fourth-order valence-corrected chi connectivity index (χ4v) is 2.88. The van der Waals surface area contributed by atoms with Gasteiger partial charge in [-0.05, 0) is 25.3 Å². The van der Waals surface area contributed by atoms with Crippen molar-refractivity contribution in [2.75, 3.05) is 19.5 Å². The lowest BCUT2D eigenvalue weighted by Gasteiger charge is -2.34. The molecule has 21 heavy (non-hydrogen) atoms. The molecule has 1 atom stereocenters. The average molecular weight is 313 g/mol. The molecule has 1 saturated heterocycles. The van der Waals surface area contributed by atoms with Crippen molar-refractivity contribution in [3.8, 4) is 5.75 Å². The molecule has 0 bridgehead atoms. The van der Waals surface area contributed by atoms with Crippen LogP contribution in [0.1, 0.15) is 29.6 Å². The van der Waals surface area contributed by atoms with Gasteiger partial charge in [0, 0.05) is 36.2 Å². The number of alkyl halides is 1. The van der Waals surface area contributed by atoms with Crippen LogP contribution >= 0.6 is 11.6 Å². The van der Waals surface area contributed by atoms with Crippen molar-refractivity contribution in [3.05, 3.63) is 33.9 Å². The van der Waals surface area contributed by atoms with Gasteiger partial charge >= 0.3 is 5.69 Å². The van der Waals surface area contributed by atoms with Gasteiger partial charge in [0.05, 0.1) is 12.0 Å². The minimum Gasteiger partial charge on any atom is -0.490 e. The molecule has 1 aromatic rings. The Kier molecular flexibility index (Phi) is 5.01. The molecule has 1 fully saturated rings. The zero-order chi connectivity index (χ0) is 15.4. The summed E-state index contributed by atoms with van der Waals surface area (Å²) < 4.78 is 5.00. The van der Waals surface area contributed by atoms with E-state index in [-0.39, 0.29) is 23.4 Å². The van der Waals surface area contributed by atoms with Crippen LogP contribution in [0.25, 0.3) is 0 Å². The molecule has 0 aliphatic carbocycles. The fourth-order valence-electron chi connectivity index (χ4n) is 2.56. The SMILES string of the molecule is COc1cc(C(=O)N2CCCCC2CCl)ccc1[N+](=O)[O-]. The second-order valence-electron chi connectivity index (χ2n) is 4.95. The smallest absolute Gasteiger partial charge is 0.310 e. The van der Waals surface area contributed by atoms with Crippen LogP contribution in [0.2, 0.25) is 0 Å². The van der Waals surface area contributed by atoms with Crippen LogP contribution in [0.3, 0.4) is 0 Å². The third-order valence-electron chi connectivity index (χ3n) is 3.69. The van der Waals surface area contributed by atoms with Crippen molar-refractivity contribution < 1.29 is 14.5 Å². The van der Waals surface area contributed by atoms with Gasteiger partial charge < -0.3 is 9.64 Å². The second kappa shape index (κ2) is 6.76. The van der Waals surface area contributed by atoms with E-state index in [1.807, 2.05) is 0 Å². The molecule has 6 nitrogen and oxygen atoms in total. The summed E-state index contributed by atoms with van der Waals surface area (Å²) >= 11 is 5.92. The number of halogens is 1. The van der Waals surface area contributed by atoms with Crippen LogP contribution in [0.15, 0.2) is 18.2 Å². The normalized spacial score (nSPS) is 18.4. The first-order valence-electron chi connectivity index (χ1n) is 6.78. The van der Waals surface area contributed by atoms with Crippen molar-refractivity contribution in [3.63, 3.8) is 0 Å². The van der Waals surface area contributed by atoms with E-state index in [1.165, 1.54) is 25.3 Å². The lowest BCUT2D eigenvalue weighted by atomic mass is 10.0. The van der Waals surface area contributed by atoms with Crippen LogP contribution < -0.4 is 4.74 Å². The molecule has 0 radical (unpaired) electrons. The summed E-state index contributed by atoms with van der Waals surface area (Å²) in [6.45, 7) is 0.662. The minimum absolute atomic E-state index is 0.0223. The maximum atomic E-state index is 12.6. The van der Waals surface area contributed by atoms with E-state index < -0.39 is 4.92 Å². The van der Waals surface area contributed by atoms with Gasteiger partial charge in [0.2, 0.25) is 0 Å². The standard InChI is InChI=1S/C14H17ClN2O4/c1-21-13-8-10(5-6-12(13)17(19)20)14(18)16-7-3-2-4-11(16)9-15/h5-6,8,11H,2-4,7,9H2,1H3. The number of ether oxygens (including phenoxy) is 1. The monoisotopic (exact) mass is 312 g/mol. The molecule has 1 aromatic carbocycles. The Balaban J connectivity index is 2.28. The van der Waals surface area contributed by atoms with E-state index in [2.05, 4.69) is 0 Å². The number of piperidine rings is 1. The Hall–Kier alpha value is -1.82. The molecule has 2 rings (SSSR count). The second-order valence-corrected chi connectivity index (χ2v) is 5.25. The quantitative estimate of drug-likeness (QED) is 0.487. The Labute approximate surface area is 127 Å². The third kappa shape index (κ3) is 3.26. The molecule has 0 spiro atoms. The Bertz CT molecular complexity index is 550. The minimum atomic E-state index is -0.532. The predicted octanol–water partition coefficient (Wildman–Crippen LogP) is 2.84. The molecule has 1 aliphatic rings. The van der Waals surface area contributed by atoms with Crippen molar-refractivity contribution in [1.29, 1.82) is 0 Å². The molecule has 0 saturated carbocycles. The Morgan fingerprint density at radius 3 is 2.90 bits per heavy atom. The number of amides is 1. The average Bonchev–Trinajstić information content (AvgIpc) is 2.53. The van der Waals surface area contributed by atoms with Gasteiger partial charge in [-0.3, -0.25) is 14.9 Å². The maximum absolute atomic E-state index is 12.6. The van der Waals surface area contributed by atoms with Crippen molar-refractivity contribution in [1.82, 2.24) is 4.90 Å². The van der Waals surface area contributed by atoms with Crippen LogP contribution in [0.5, 0.6) is 5.75 Å². The number of hydrogen-bond donors (Lipinski definition) is 0. The van der Waals surface area contributed by atoms with Crippen molar-refractivity contribution >= 4 is 23.2 Å². The van der Waals surface area contributed by atoms with Gasteiger partial charge in [-0.1, -0.05) is 0 Å². The number of carbonyl (C=O) groups is 1. The Morgan fingerprint density at radius 2 is 2.29 bits per heavy atom. The number of likely N-dealkylation sites (tertiary alicyclic amines) is 1. The van der Waals surface area contributed by atoms with Crippen LogP contribution in [-0.4, -0.2) is 41.3 Å². The summed E-state index contributed by atoms with van der Waals surface area (Å²) in [6.07, 6.45) is 2.90. The van der Waals surface area contributed by atoms with Crippen molar-refractivity contribution in [2.24, 2.45) is 0 Å². The first-order chi connectivity index (χ1) is 10.1. The summed E-state index contributed by atoms with van der Waals surface area (Å²) in [5, 5.41) is 10.9. The van der Waals surface area contributed by atoms with E-state index in [0.29, 0.717) is 18.0 Å². The van der Waals surface area contributed by atoms with Gasteiger partial charge in [-0.2, -0.15) is 0 Å². The topological polar surface area (TPSA) is 72.7 Å². The number of nitrogens with zero attached hydrogens (tertiary/aromatic N) is 2. The first kappa shape index (κ1) is 15.6. The van der Waals surface area contributed by atoms with Gasteiger partial charge in [0.25, 0.3) is 5.91 Å². The van der Waals surface area contributed by atoms with Gasteiger partial charge in [-0.15, -0.1) is 11.6 Å². The highest BCUT2D eigenvalue weighted by Crippen LogP contribution is 2.29. The number of methoxy groups -OCH3 is 1. The highest BCUT2D eigenvalue weighted by molar-refractivity contribution is 6.18. The van der Waals surface area contributed by atoms with E-state index in [0.717, 1.165) is 19.3 Å². The van der Waals surface area contributed by atoms with E-state index in [4.69, 9.17) is 16.3 Å². The summed E-state index contributed by atoms with van der Waals surface area (Å²) in [5.74, 6) is 0.328. The molecule has 114 valence electrons. The first-order valence-corrected chi connectivity index (χ1v) is 7.31. The number of rotatable bonds is 4. The largest absolute Gasteiger partial charge is 0.490 e. The predicted molar refractivity (Wildman–Crippen MR) is 79.0 cm³/mol. The highest BCUT2D eigenvalue weighted by atomic mass is 35.5. The molecule has 1 heterocycles. The number of nitro groups is 1. The summed E-state index contributed by atoms with van der Waals surface area (Å²) in [6, 6.07) is 4.20. The van der Waals surface area contributed by atoms with E-state index in [9.17, 15) is 14.9 Å². The Morgan fingerprint density at radius 1 is 1.52 bits per heavy atom. The highest BCUT2D eigenvalue weighted by Gasteiger charge is 2.28. The molecule has 1 amide bonds. The molecular formula is C14H17ClN2O4. The zero-order valence-corrected chi connectivity index (χ0v) is 12.5. The van der Waals surface area contributed by atoms with Crippen LogP contribution in [0.4, 0.5) is 5.69 Å². The number of nitro benzene ring substituents is 1. The van der Waals surface area contributed by atoms with Gasteiger partial charge in [0.1, 0.15) is 0 Å². The molecule has 0 N–H and O–H groups in total. The van der Waals surface area contributed by atoms with Crippen LogP contribution in [0, 0.1) is 10.1 Å². The van der Waals surface area contributed by atoms with E-state index in [1.54, 1.807) is 4.90 Å². The third-order valence-corrected chi connectivity index (χ3v) is 4.05. The molecular weight excluding hydrogens is 296 g/mol. The molecule has 0 aromatic heterocycles.